The summed E-state index contributed by atoms with van der Waals surface area (Å²) in [6, 6.07) is 9.86. The van der Waals surface area contributed by atoms with Crippen LogP contribution in [0.1, 0.15) is 11.3 Å². The van der Waals surface area contributed by atoms with Gasteiger partial charge in [0.15, 0.2) is 16.8 Å². The maximum Gasteiger partial charge on any atom is 0.171 e. The molecule has 1 aromatic carbocycles. The SMILES string of the molecule is ClC1=NN2CCN=C2c2nc(-c3ccccc3)ncc21. The van der Waals surface area contributed by atoms with Crippen molar-refractivity contribution >= 4 is 22.6 Å². The van der Waals surface area contributed by atoms with Crippen molar-refractivity contribution in [2.45, 2.75) is 0 Å². The van der Waals surface area contributed by atoms with Gasteiger partial charge in [-0.1, -0.05) is 41.9 Å². The number of rotatable bonds is 1. The zero-order valence-corrected chi connectivity index (χ0v) is 11.2. The van der Waals surface area contributed by atoms with Crippen molar-refractivity contribution in [1.29, 1.82) is 0 Å². The van der Waals surface area contributed by atoms with Gasteiger partial charge in [0.25, 0.3) is 0 Å². The molecule has 0 radical (unpaired) electrons. The molecule has 2 aromatic rings. The maximum atomic E-state index is 6.19. The minimum absolute atomic E-state index is 0.417. The molecule has 5 nitrogen and oxygen atoms in total. The average molecular weight is 284 g/mol. The van der Waals surface area contributed by atoms with E-state index in [9.17, 15) is 0 Å². The molecule has 0 N–H and O–H groups in total. The largest absolute Gasteiger partial charge is 0.263 e. The molecule has 0 bridgehead atoms. The molecule has 0 aliphatic carbocycles. The van der Waals surface area contributed by atoms with Crippen molar-refractivity contribution in [2.24, 2.45) is 10.1 Å². The van der Waals surface area contributed by atoms with E-state index in [0.717, 1.165) is 29.2 Å². The van der Waals surface area contributed by atoms with Crippen LogP contribution in [0.4, 0.5) is 0 Å². The Morgan fingerprint density at radius 3 is 2.85 bits per heavy atom. The Balaban J connectivity index is 1.89. The van der Waals surface area contributed by atoms with Gasteiger partial charge in [-0.3, -0.25) is 4.99 Å². The Kier molecular flexibility index (Phi) is 2.53. The second-order valence-electron chi connectivity index (χ2n) is 4.54. The normalized spacial score (nSPS) is 16.4. The molecule has 20 heavy (non-hydrogen) atoms. The molecule has 2 aliphatic rings. The van der Waals surface area contributed by atoms with Crippen molar-refractivity contribution in [2.75, 3.05) is 13.1 Å². The number of halogens is 1. The molecular formula is C14H10ClN5. The summed E-state index contributed by atoms with van der Waals surface area (Å²) in [7, 11) is 0. The summed E-state index contributed by atoms with van der Waals surface area (Å²) >= 11 is 6.19. The molecule has 0 spiro atoms. The standard InChI is InChI=1S/C14H10ClN5/c15-12-10-8-17-13(9-4-2-1-3-5-9)18-11(10)14-16-6-7-20(14)19-12/h1-5,8H,6-7H2. The van der Waals surface area contributed by atoms with E-state index in [1.54, 1.807) is 11.2 Å². The molecule has 0 saturated carbocycles. The van der Waals surface area contributed by atoms with E-state index < -0.39 is 0 Å². The third-order valence-electron chi connectivity index (χ3n) is 3.28. The van der Waals surface area contributed by atoms with Gasteiger partial charge >= 0.3 is 0 Å². The van der Waals surface area contributed by atoms with Crippen LogP contribution >= 0.6 is 11.6 Å². The first-order valence-electron chi connectivity index (χ1n) is 6.32. The van der Waals surface area contributed by atoms with Crippen LogP contribution in [-0.2, 0) is 0 Å². The van der Waals surface area contributed by atoms with E-state index in [-0.39, 0.29) is 0 Å². The second kappa shape index (κ2) is 4.38. The number of fused-ring (bicyclic) bond motifs is 3. The van der Waals surface area contributed by atoms with Crippen LogP contribution in [0.15, 0.2) is 46.6 Å². The lowest BCUT2D eigenvalue weighted by Gasteiger charge is -2.21. The summed E-state index contributed by atoms with van der Waals surface area (Å²) in [4.78, 5) is 13.5. The van der Waals surface area contributed by atoms with Crippen LogP contribution in [0.25, 0.3) is 11.4 Å². The zero-order valence-electron chi connectivity index (χ0n) is 10.5. The minimum atomic E-state index is 0.417. The lowest BCUT2D eigenvalue weighted by Crippen LogP contribution is -2.31. The van der Waals surface area contributed by atoms with Gasteiger partial charge in [-0.05, 0) is 0 Å². The van der Waals surface area contributed by atoms with Crippen molar-refractivity contribution in [3.05, 3.63) is 47.8 Å². The van der Waals surface area contributed by atoms with Crippen molar-refractivity contribution < 1.29 is 0 Å². The van der Waals surface area contributed by atoms with Gasteiger partial charge < -0.3 is 0 Å². The van der Waals surface area contributed by atoms with Gasteiger partial charge in [0, 0.05) is 11.8 Å². The van der Waals surface area contributed by atoms with E-state index in [1.807, 2.05) is 30.3 Å². The predicted octanol–water partition coefficient (Wildman–Crippen LogP) is 2.12. The summed E-state index contributed by atoms with van der Waals surface area (Å²) in [5.41, 5.74) is 2.47. The lowest BCUT2D eigenvalue weighted by atomic mass is 10.1. The van der Waals surface area contributed by atoms with Crippen LogP contribution in [-0.4, -0.2) is 39.1 Å². The Morgan fingerprint density at radius 1 is 1.15 bits per heavy atom. The third kappa shape index (κ3) is 1.71. The Labute approximate surface area is 120 Å². The summed E-state index contributed by atoms with van der Waals surface area (Å²) in [6.07, 6.45) is 1.72. The van der Waals surface area contributed by atoms with Gasteiger partial charge in [-0.15, -0.1) is 0 Å². The number of benzene rings is 1. The average Bonchev–Trinajstić information content (AvgIpc) is 2.96. The van der Waals surface area contributed by atoms with E-state index in [1.165, 1.54) is 0 Å². The number of nitrogens with zero attached hydrogens (tertiary/aromatic N) is 5. The quantitative estimate of drug-likeness (QED) is 0.805. The fourth-order valence-electron chi connectivity index (χ4n) is 2.32. The van der Waals surface area contributed by atoms with Crippen molar-refractivity contribution in [1.82, 2.24) is 15.0 Å². The van der Waals surface area contributed by atoms with E-state index >= 15 is 0 Å². The minimum Gasteiger partial charge on any atom is -0.263 e. The van der Waals surface area contributed by atoms with Crippen molar-refractivity contribution in [3.8, 4) is 11.4 Å². The number of amidine groups is 1. The number of hydrazone groups is 1. The van der Waals surface area contributed by atoms with Gasteiger partial charge in [-0.25, -0.2) is 15.0 Å². The van der Waals surface area contributed by atoms with Gasteiger partial charge in [0.2, 0.25) is 0 Å². The fourth-order valence-corrected chi connectivity index (χ4v) is 2.55. The highest BCUT2D eigenvalue weighted by atomic mass is 35.5. The molecule has 1 aromatic heterocycles. The van der Waals surface area contributed by atoms with Gasteiger partial charge in [-0.2, -0.15) is 5.10 Å². The van der Waals surface area contributed by atoms with Crippen LogP contribution in [0, 0.1) is 0 Å². The molecule has 0 unspecified atom stereocenters. The van der Waals surface area contributed by atoms with E-state index in [0.29, 0.717) is 17.5 Å². The summed E-state index contributed by atoms with van der Waals surface area (Å²) in [5, 5.41) is 6.51. The summed E-state index contributed by atoms with van der Waals surface area (Å²) in [5.74, 6) is 1.45. The van der Waals surface area contributed by atoms with E-state index in [4.69, 9.17) is 11.6 Å². The first kappa shape index (κ1) is 11.5. The smallest absolute Gasteiger partial charge is 0.171 e. The second-order valence-corrected chi connectivity index (χ2v) is 4.90. The topological polar surface area (TPSA) is 53.7 Å². The number of aliphatic imine (C=N–C) groups is 1. The molecule has 6 heteroatoms. The lowest BCUT2D eigenvalue weighted by molar-refractivity contribution is 0.487. The molecule has 0 amide bonds. The maximum absolute atomic E-state index is 6.19. The number of hydrogen-bond acceptors (Lipinski definition) is 5. The molecule has 2 aliphatic heterocycles. The highest BCUT2D eigenvalue weighted by molar-refractivity contribution is 6.70. The Morgan fingerprint density at radius 2 is 2.00 bits per heavy atom. The fraction of sp³-hybridized carbons (Fsp3) is 0.143. The molecule has 98 valence electrons. The summed E-state index contributed by atoms with van der Waals surface area (Å²) in [6.45, 7) is 1.46. The van der Waals surface area contributed by atoms with Gasteiger partial charge in [0.05, 0.1) is 18.7 Å². The molecule has 0 fully saturated rings. The monoisotopic (exact) mass is 283 g/mol. The highest BCUT2D eigenvalue weighted by Crippen LogP contribution is 2.24. The molecule has 0 saturated heterocycles. The van der Waals surface area contributed by atoms with Crippen LogP contribution < -0.4 is 0 Å². The predicted molar refractivity (Wildman–Crippen MR) is 78.0 cm³/mol. The molecule has 4 rings (SSSR count). The summed E-state index contributed by atoms with van der Waals surface area (Å²) < 4.78 is 0. The van der Waals surface area contributed by atoms with Crippen LogP contribution in [0.5, 0.6) is 0 Å². The number of hydrogen-bond donors (Lipinski definition) is 0. The van der Waals surface area contributed by atoms with Gasteiger partial charge in [0.1, 0.15) is 5.69 Å². The number of aromatic nitrogens is 2. The van der Waals surface area contributed by atoms with Crippen LogP contribution in [0.2, 0.25) is 0 Å². The van der Waals surface area contributed by atoms with Crippen molar-refractivity contribution in [3.63, 3.8) is 0 Å². The third-order valence-corrected chi connectivity index (χ3v) is 3.56. The Bertz CT molecular complexity index is 738. The first-order valence-corrected chi connectivity index (χ1v) is 6.70. The first-order chi connectivity index (χ1) is 9.83. The zero-order chi connectivity index (χ0) is 13.5. The molecular weight excluding hydrogens is 274 g/mol. The van der Waals surface area contributed by atoms with Crippen LogP contribution in [0.3, 0.4) is 0 Å². The molecule has 0 atom stereocenters. The van der Waals surface area contributed by atoms with E-state index in [2.05, 4.69) is 20.1 Å². The highest BCUT2D eigenvalue weighted by Gasteiger charge is 2.29. The Hall–Kier alpha value is -2.27. The molecule has 3 heterocycles.